The van der Waals surface area contributed by atoms with Gasteiger partial charge in [-0.25, -0.2) is 4.98 Å². The van der Waals surface area contributed by atoms with Gasteiger partial charge in [-0.15, -0.1) is 0 Å². The SMILES string of the molecule is CC1CC23CC(CC2C3)C1Nc1nc(N2CCOCC2)nc2ccccc12. The van der Waals surface area contributed by atoms with E-state index in [2.05, 4.69) is 41.4 Å². The normalized spacial score (nSPS) is 37.3. The molecule has 1 aromatic carbocycles. The number of rotatable bonds is 3. The van der Waals surface area contributed by atoms with Gasteiger partial charge in [-0.1, -0.05) is 19.1 Å². The van der Waals surface area contributed by atoms with E-state index < -0.39 is 0 Å². The molecule has 27 heavy (non-hydrogen) atoms. The fourth-order valence-corrected chi connectivity index (χ4v) is 6.32. The van der Waals surface area contributed by atoms with Gasteiger partial charge in [-0.05, 0) is 61.0 Å². The number of fused-ring (bicyclic) bond motifs is 2. The lowest BCUT2D eigenvalue weighted by Crippen LogP contribution is -2.40. The van der Waals surface area contributed by atoms with Gasteiger partial charge in [0.25, 0.3) is 0 Å². The van der Waals surface area contributed by atoms with Crippen LogP contribution >= 0.6 is 0 Å². The van der Waals surface area contributed by atoms with E-state index in [4.69, 9.17) is 14.7 Å². The zero-order chi connectivity index (χ0) is 18.0. The number of nitrogens with one attached hydrogen (secondary N) is 1. The molecule has 1 aromatic heterocycles. The maximum absolute atomic E-state index is 5.51. The molecule has 5 heteroatoms. The molecule has 1 spiro atoms. The second-order valence-corrected chi connectivity index (χ2v) is 9.30. The van der Waals surface area contributed by atoms with Crippen molar-refractivity contribution in [2.75, 3.05) is 36.5 Å². The number of nitrogens with zero attached hydrogens (tertiary/aromatic N) is 3. The second kappa shape index (κ2) is 5.81. The Balaban J connectivity index is 1.36. The molecular weight excluding hydrogens is 336 g/mol. The second-order valence-electron chi connectivity index (χ2n) is 9.30. The van der Waals surface area contributed by atoms with Crippen molar-refractivity contribution in [2.45, 2.75) is 38.6 Å². The van der Waals surface area contributed by atoms with Gasteiger partial charge in [0.05, 0.1) is 18.7 Å². The van der Waals surface area contributed by atoms with Crippen molar-refractivity contribution in [3.63, 3.8) is 0 Å². The van der Waals surface area contributed by atoms with Crippen LogP contribution in [0.25, 0.3) is 10.9 Å². The lowest BCUT2D eigenvalue weighted by Gasteiger charge is -2.38. The number of ether oxygens (including phenoxy) is 1. The van der Waals surface area contributed by atoms with E-state index >= 15 is 0 Å². The molecule has 2 aromatic rings. The zero-order valence-corrected chi connectivity index (χ0v) is 16.0. The van der Waals surface area contributed by atoms with E-state index in [1.54, 1.807) is 0 Å². The Hall–Kier alpha value is -1.88. The average Bonchev–Trinajstić information content (AvgIpc) is 3.25. The van der Waals surface area contributed by atoms with E-state index in [1.807, 2.05) is 0 Å². The van der Waals surface area contributed by atoms with E-state index in [0.717, 1.165) is 72.1 Å². The third-order valence-electron chi connectivity index (χ3n) is 7.65. The van der Waals surface area contributed by atoms with Crippen LogP contribution in [-0.2, 0) is 4.74 Å². The first-order chi connectivity index (χ1) is 13.2. The van der Waals surface area contributed by atoms with Gasteiger partial charge in [-0.2, -0.15) is 4.98 Å². The van der Waals surface area contributed by atoms with Crippen molar-refractivity contribution < 1.29 is 4.74 Å². The first-order valence-electron chi connectivity index (χ1n) is 10.6. The number of benzene rings is 1. The Kier molecular flexibility index (Phi) is 3.46. The molecule has 3 saturated carbocycles. The van der Waals surface area contributed by atoms with E-state index in [0.29, 0.717) is 6.04 Å². The monoisotopic (exact) mass is 364 g/mol. The van der Waals surface area contributed by atoms with Gasteiger partial charge >= 0.3 is 0 Å². The molecule has 5 nitrogen and oxygen atoms in total. The quantitative estimate of drug-likeness (QED) is 0.900. The topological polar surface area (TPSA) is 50.3 Å². The highest BCUT2D eigenvalue weighted by atomic mass is 16.5. The minimum Gasteiger partial charge on any atom is -0.378 e. The third-order valence-corrected chi connectivity index (χ3v) is 7.65. The van der Waals surface area contributed by atoms with Crippen molar-refractivity contribution in [2.24, 2.45) is 23.2 Å². The first-order valence-corrected chi connectivity index (χ1v) is 10.6. The van der Waals surface area contributed by atoms with Crippen LogP contribution < -0.4 is 10.2 Å². The Bertz CT molecular complexity index is 880. The van der Waals surface area contributed by atoms with Crippen LogP contribution in [0, 0.1) is 23.2 Å². The molecule has 5 atom stereocenters. The van der Waals surface area contributed by atoms with Gasteiger partial charge in [0.2, 0.25) is 5.95 Å². The molecular formula is C22H28N4O. The summed E-state index contributed by atoms with van der Waals surface area (Å²) in [5, 5.41) is 5.05. The number of para-hydroxylation sites is 1. The number of aromatic nitrogens is 2. The van der Waals surface area contributed by atoms with E-state index in [9.17, 15) is 0 Å². The molecule has 3 aliphatic carbocycles. The minimum atomic E-state index is 0.541. The van der Waals surface area contributed by atoms with Crippen LogP contribution in [-0.4, -0.2) is 42.3 Å². The molecule has 1 aliphatic heterocycles. The van der Waals surface area contributed by atoms with Crippen molar-refractivity contribution >= 4 is 22.7 Å². The Morgan fingerprint density at radius 1 is 1.11 bits per heavy atom. The predicted molar refractivity (Wildman–Crippen MR) is 107 cm³/mol. The first kappa shape index (κ1) is 16.1. The van der Waals surface area contributed by atoms with E-state index in [-0.39, 0.29) is 0 Å². The molecule has 2 heterocycles. The van der Waals surface area contributed by atoms with Crippen molar-refractivity contribution in [1.29, 1.82) is 0 Å². The Labute approximate surface area is 160 Å². The number of hydrogen-bond donors (Lipinski definition) is 1. The summed E-state index contributed by atoms with van der Waals surface area (Å²) in [6.45, 7) is 5.68. The molecule has 2 bridgehead atoms. The van der Waals surface area contributed by atoms with Crippen LogP contribution in [0.4, 0.5) is 11.8 Å². The average molecular weight is 364 g/mol. The number of hydrogen-bond acceptors (Lipinski definition) is 5. The summed E-state index contributed by atoms with van der Waals surface area (Å²) in [5.41, 5.74) is 1.76. The van der Waals surface area contributed by atoms with Gasteiger partial charge in [-0.3, -0.25) is 0 Å². The molecule has 0 radical (unpaired) electrons. The summed E-state index contributed by atoms with van der Waals surface area (Å²) < 4.78 is 5.51. The summed E-state index contributed by atoms with van der Waals surface area (Å²) in [6, 6.07) is 8.96. The predicted octanol–water partition coefficient (Wildman–Crippen LogP) is 3.70. The summed E-state index contributed by atoms with van der Waals surface area (Å²) in [6.07, 6.45) is 5.74. The van der Waals surface area contributed by atoms with Crippen LogP contribution in [0.1, 0.15) is 32.6 Å². The van der Waals surface area contributed by atoms with Crippen LogP contribution in [0.3, 0.4) is 0 Å². The van der Waals surface area contributed by atoms with Crippen LogP contribution in [0.2, 0.25) is 0 Å². The maximum atomic E-state index is 5.51. The standard InChI is InChI=1S/C22H28N4O/c1-14-11-22-12-15(10-16(22)13-22)19(14)24-20-17-4-2-3-5-18(17)23-21(25-20)26-6-8-27-9-7-26/h2-5,14-16,19H,6-13H2,1H3,(H,23,24,25). The van der Waals surface area contributed by atoms with E-state index in [1.165, 1.54) is 25.7 Å². The van der Waals surface area contributed by atoms with Gasteiger partial charge in [0.1, 0.15) is 5.82 Å². The van der Waals surface area contributed by atoms with Gasteiger partial charge in [0.15, 0.2) is 0 Å². The molecule has 4 aliphatic rings. The highest BCUT2D eigenvalue weighted by molar-refractivity contribution is 5.90. The largest absolute Gasteiger partial charge is 0.378 e. The fraction of sp³-hybridized carbons (Fsp3) is 0.636. The summed E-state index contributed by atoms with van der Waals surface area (Å²) in [4.78, 5) is 12.1. The smallest absolute Gasteiger partial charge is 0.228 e. The molecule has 0 amide bonds. The number of morpholine rings is 1. The van der Waals surface area contributed by atoms with Gasteiger partial charge < -0.3 is 15.0 Å². The number of anilines is 2. The highest BCUT2D eigenvalue weighted by Gasteiger charge is 2.64. The van der Waals surface area contributed by atoms with Crippen LogP contribution in [0.5, 0.6) is 0 Å². The third kappa shape index (κ3) is 2.54. The van der Waals surface area contributed by atoms with Crippen LogP contribution in [0.15, 0.2) is 24.3 Å². The summed E-state index contributed by atoms with van der Waals surface area (Å²) in [5.74, 6) is 4.41. The van der Waals surface area contributed by atoms with Gasteiger partial charge in [0, 0.05) is 24.5 Å². The summed E-state index contributed by atoms with van der Waals surface area (Å²) in [7, 11) is 0. The Morgan fingerprint density at radius 3 is 2.85 bits per heavy atom. The zero-order valence-electron chi connectivity index (χ0n) is 16.0. The molecule has 142 valence electrons. The maximum Gasteiger partial charge on any atom is 0.228 e. The highest BCUT2D eigenvalue weighted by Crippen LogP contribution is 2.72. The van der Waals surface area contributed by atoms with Crippen molar-refractivity contribution in [3.05, 3.63) is 24.3 Å². The lowest BCUT2D eigenvalue weighted by atomic mass is 9.73. The molecule has 1 N–H and O–H groups in total. The lowest BCUT2D eigenvalue weighted by molar-refractivity contribution is 0.122. The molecule has 5 unspecified atom stereocenters. The van der Waals surface area contributed by atoms with Crippen molar-refractivity contribution in [3.8, 4) is 0 Å². The Morgan fingerprint density at radius 2 is 1.96 bits per heavy atom. The summed E-state index contributed by atoms with van der Waals surface area (Å²) >= 11 is 0. The minimum absolute atomic E-state index is 0.541. The fourth-order valence-electron chi connectivity index (χ4n) is 6.32. The molecule has 1 saturated heterocycles. The molecule has 6 rings (SSSR count). The molecule has 4 fully saturated rings. The van der Waals surface area contributed by atoms with Crippen molar-refractivity contribution in [1.82, 2.24) is 9.97 Å².